The highest BCUT2D eigenvalue weighted by molar-refractivity contribution is 5.93. The molecule has 1 amide bonds. The van der Waals surface area contributed by atoms with Crippen LogP contribution in [-0.4, -0.2) is 36.5 Å². The maximum absolute atomic E-state index is 13.1. The number of anilines is 1. The second kappa shape index (κ2) is 10.4. The van der Waals surface area contributed by atoms with Crippen molar-refractivity contribution in [3.8, 4) is 22.8 Å². The van der Waals surface area contributed by atoms with Crippen LogP contribution in [0.15, 0.2) is 65.5 Å². The lowest BCUT2D eigenvalue weighted by Gasteiger charge is -2.23. The van der Waals surface area contributed by atoms with Gasteiger partial charge < -0.3 is 14.4 Å². The van der Waals surface area contributed by atoms with Crippen LogP contribution in [0.1, 0.15) is 19.8 Å². The van der Waals surface area contributed by atoms with Crippen LogP contribution >= 0.6 is 0 Å². The third-order valence-electron chi connectivity index (χ3n) is 4.94. The first-order valence-electron chi connectivity index (χ1n) is 10.2. The number of nitrogens with zero attached hydrogens (tertiary/aromatic N) is 3. The van der Waals surface area contributed by atoms with Gasteiger partial charge in [0.25, 0.3) is 5.56 Å². The molecule has 1 aromatic heterocycles. The van der Waals surface area contributed by atoms with Crippen molar-refractivity contribution in [2.45, 2.75) is 26.3 Å². The molecular weight excluding hydrogens is 394 g/mol. The fourth-order valence-electron chi connectivity index (χ4n) is 3.26. The number of ether oxygens (including phenoxy) is 2. The number of unbranched alkanes of at least 4 members (excludes halogenated alkanes) is 1. The van der Waals surface area contributed by atoms with Crippen molar-refractivity contribution >= 4 is 11.6 Å². The largest absolute Gasteiger partial charge is 0.497 e. The Hall–Kier alpha value is -3.61. The molecule has 0 aliphatic carbocycles. The predicted octanol–water partition coefficient (Wildman–Crippen LogP) is 3.76. The number of methoxy groups -OCH3 is 2. The van der Waals surface area contributed by atoms with Gasteiger partial charge in [-0.2, -0.15) is 5.10 Å². The van der Waals surface area contributed by atoms with E-state index in [9.17, 15) is 9.59 Å². The molecule has 0 unspecified atom stereocenters. The van der Waals surface area contributed by atoms with E-state index < -0.39 is 0 Å². The highest BCUT2D eigenvalue weighted by Crippen LogP contribution is 2.31. The van der Waals surface area contributed by atoms with Gasteiger partial charge >= 0.3 is 0 Å². The molecular formula is C24H27N3O4. The van der Waals surface area contributed by atoms with E-state index in [0.29, 0.717) is 29.3 Å². The van der Waals surface area contributed by atoms with Crippen LogP contribution < -0.4 is 19.9 Å². The number of carbonyl (C=O) groups excluding carboxylic acids is 1. The van der Waals surface area contributed by atoms with E-state index >= 15 is 0 Å². The molecule has 2 aromatic carbocycles. The monoisotopic (exact) mass is 421 g/mol. The fourth-order valence-corrected chi connectivity index (χ4v) is 3.26. The van der Waals surface area contributed by atoms with E-state index in [1.165, 1.54) is 10.7 Å². The molecule has 0 saturated heterocycles. The third-order valence-corrected chi connectivity index (χ3v) is 4.94. The van der Waals surface area contributed by atoms with Gasteiger partial charge in [0.1, 0.15) is 18.0 Å². The number of para-hydroxylation sites is 1. The molecule has 1 heterocycles. The molecule has 0 aliphatic rings. The fraction of sp³-hybridized carbons (Fsp3) is 0.292. The molecule has 0 bridgehead atoms. The summed E-state index contributed by atoms with van der Waals surface area (Å²) in [4.78, 5) is 27.3. The van der Waals surface area contributed by atoms with E-state index in [2.05, 4.69) is 12.0 Å². The zero-order valence-corrected chi connectivity index (χ0v) is 18.1. The number of hydrogen-bond donors (Lipinski definition) is 0. The average molecular weight is 421 g/mol. The van der Waals surface area contributed by atoms with E-state index in [-0.39, 0.29) is 18.0 Å². The molecule has 3 rings (SSSR count). The summed E-state index contributed by atoms with van der Waals surface area (Å²) < 4.78 is 11.9. The van der Waals surface area contributed by atoms with Crippen molar-refractivity contribution < 1.29 is 14.3 Å². The smallest absolute Gasteiger partial charge is 0.267 e. The van der Waals surface area contributed by atoms with Gasteiger partial charge in [-0.1, -0.05) is 31.5 Å². The van der Waals surface area contributed by atoms with Gasteiger partial charge in [-0.15, -0.1) is 0 Å². The quantitative estimate of drug-likeness (QED) is 0.526. The molecule has 0 aliphatic heterocycles. The van der Waals surface area contributed by atoms with Gasteiger partial charge in [0.05, 0.1) is 19.9 Å². The number of amides is 1. The minimum Gasteiger partial charge on any atom is -0.497 e. The van der Waals surface area contributed by atoms with Crippen molar-refractivity contribution in [2.75, 3.05) is 25.7 Å². The van der Waals surface area contributed by atoms with Crippen molar-refractivity contribution in [3.05, 3.63) is 71.0 Å². The first kappa shape index (κ1) is 22.1. The zero-order chi connectivity index (χ0) is 22.2. The van der Waals surface area contributed by atoms with Crippen molar-refractivity contribution in [2.24, 2.45) is 0 Å². The van der Waals surface area contributed by atoms with E-state index in [0.717, 1.165) is 18.5 Å². The lowest BCUT2D eigenvalue weighted by molar-refractivity contribution is -0.119. The van der Waals surface area contributed by atoms with Gasteiger partial charge in [0.15, 0.2) is 0 Å². The van der Waals surface area contributed by atoms with Crippen LogP contribution in [0.25, 0.3) is 11.3 Å². The average Bonchev–Trinajstić information content (AvgIpc) is 2.81. The minimum absolute atomic E-state index is 0.155. The Morgan fingerprint density at radius 1 is 1.03 bits per heavy atom. The lowest BCUT2D eigenvalue weighted by Crippen LogP contribution is -2.38. The Balaban J connectivity index is 1.93. The number of rotatable bonds is 9. The molecule has 0 saturated carbocycles. The molecule has 0 atom stereocenters. The summed E-state index contributed by atoms with van der Waals surface area (Å²) in [6.07, 6.45) is 1.82. The summed E-state index contributed by atoms with van der Waals surface area (Å²) >= 11 is 0. The Kier molecular flexibility index (Phi) is 7.43. The summed E-state index contributed by atoms with van der Waals surface area (Å²) in [6, 6.07) is 17.8. The van der Waals surface area contributed by atoms with Gasteiger partial charge in [0, 0.05) is 23.9 Å². The van der Waals surface area contributed by atoms with Crippen LogP contribution in [0.4, 0.5) is 5.69 Å². The Bertz CT molecular complexity index is 1080. The number of hydrogen-bond acceptors (Lipinski definition) is 5. The maximum atomic E-state index is 13.1. The predicted molar refractivity (Wildman–Crippen MR) is 121 cm³/mol. The van der Waals surface area contributed by atoms with Gasteiger partial charge in [0.2, 0.25) is 5.91 Å². The standard InChI is InChI=1S/C24H27N3O4/c1-4-5-15-26(18-9-7-6-8-10-18)24(29)17-27-23(28)14-12-21(25-27)20-16-19(30-2)11-13-22(20)31-3/h6-14,16H,4-5,15,17H2,1-3H3. The molecule has 31 heavy (non-hydrogen) atoms. The first-order valence-corrected chi connectivity index (χ1v) is 10.2. The first-order chi connectivity index (χ1) is 15.1. The van der Waals surface area contributed by atoms with E-state index in [4.69, 9.17) is 9.47 Å². The number of carbonyl (C=O) groups is 1. The highest BCUT2D eigenvalue weighted by atomic mass is 16.5. The Morgan fingerprint density at radius 2 is 1.81 bits per heavy atom. The van der Waals surface area contributed by atoms with Crippen LogP contribution in [0, 0.1) is 0 Å². The van der Waals surface area contributed by atoms with Crippen LogP contribution in [-0.2, 0) is 11.3 Å². The molecule has 0 N–H and O–H groups in total. The number of aromatic nitrogens is 2. The van der Waals surface area contributed by atoms with Crippen molar-refractivity contribution in [1.82, 2.24) is 9.78 Å². The summed E-state index contributed by atoms with van der Waals surface area (Å²) in [7, 11) is 3.14. The highest BCUT2D eigenvalue weighted by Gasteiger charge is 2.18. The molecule has 3 aromatic rings. The van der Waals surface area contributed by atoms with Crippen molar-refractivity contribution in [1.29, 1.82) is 0 Å². The Morgan fingerprint density at radius 3 is 2.48 bits per heavy atom. The number of benzene rings is 2. The van der Waals surface area contributed by atoms with Crippen LogP contribution in [0.5, 0.6) is 11.5 Å². The zero-order valence-electron chi connectivity index (χ0n) is 18.1. The molecule has 0 spiro atoms. The minimum atomic E-state index is -0.345. The second-order valence-electron chi connectivity index (χ2n) is 7.02. The van der Waals surface area contributed by atoms with Crippen LogP contribution in [0.3, 0.4) is 0 Å². The van der Waals surface area contributed by atoms with Crippen LogP contribution in [0.2, 0.25) is 0 Å². The topological polar surface area (TPSA) is 73.7 Å². The summed E-state index contributed by atoms with van der Waals surface area (Å²) in [6.45, 7) is 2.50. The van der Waals surface area contributed by atoms with Gasteiger partial charge in [-0.25, -0.2) is 4.68 Å². The molecule has 162 valence electrons. The Labute approximate surface area is 181 Å². The van der Waals surface area contributed by atoms with Crippen molar-refractivity contribution in [3.63, 3.8) is 0 Å². The normalized spacial score (nSPS) is 10.5. The maximum Gasteiger partial charge on any atom is 0.267 e. The molecule has 0 fully saturated rings. The van der Waals surface area contributed by atoms with E-state index in [1.54, 1.807) is 43.4 Å². The molecule has 7 nitrogen and oxygen atoms in total. The summed E-state index contributed by atoms with van der Waals surface area (Å²) in [5.74, 6) is 1.05. The summed E-state index contributed by atoms with van der Waals surface area (Å²) in [5, 5.41) is 4.44. The lowest BCUT2D eigenvalue weighted by atomic mass is 10.1. The van der Waals surface area contributed by atoms with E-state index in [1.807, 2.05) is 30.3 Å². The molecule has 0 radical (unpaired) electrons. The van der Waals surface area contributed by atoms with Gasteiger partial charge in [-0.3, -0.25) is 9.59 Å². The molecule has 7 heteroatoms. The SMILES string of the molecule is CCCCN(C(=O)Cn1nc(-c2cc(OC)ccc2OC)ccc1=O)c1ccccc1. The summed E-state index contributed by atoms with van der Waals surface area (Å²) in [5.41, 5.74) is 1.65. The van der Waals surface area contributed by atoms with Gasteiger partial charge in [-0.05, 0) is 42.8 Å². The second-order valence-corrected chi connectivity index (χ2v) is 7.02. The third kappa shape index (κ3) is 5.31.